The van der Waals surface area contributed by atoms with E-state index in [-0.39, 0.29) is 0 Å². The second kappa shape index (κ2) is 6.13. The first-order valence-electron chi connectivity index (χ1n) is 5.98. The predicted octanol–water partition coefficient (Wildman–Crippen LogP) is 2.40. The monoisotopic (exact) mass is 265 g/mol. The summed E-state index contributed by atoms with van der Waals surface area (Å²) in [6.07, 6.45) is 1.75. The van der Waals surface area contributed by atoms with Crippen LogP contribution in [0.5, 0.6) is 0 Å². The Morgan fingerprint density at radius 1 is 1.44 bits per heavy atom. The number of hydrogen-bond donors (Lipinski definition) is 1. The minimum atomic E-state index is 0.806. The molecule has 0 aliphatic heterocycles. The Hall–Kier alpha value is -1.17. The molecule has 2 rings (SSSR count). The third-order valence-electron chi connectivity index (χ3n) is 2.72. The molecule has 0 aliphatic rings. The van der Waals surface area contributed by atoms with Crippen LogP contribution in [-0.4, -0.2) is 24.0 Å². The van der Waals surface area contributed by atoms with Crippen molar-refractivity contribution in [2.75, 3.05) is 14.1 Å². The summed E-state index contributed by atoms with van der Waals surface area (Å²) in [4.78, 5) is 6.69. The van der Waals surface area contributed by atoms with Gasteiger partial charge in [0.25, 0.3) is 0 Å². The molecule has 0 aromatic carbocycles. The standard InChI is InChI=1S/C13H19N3OS/c1-10-15-12(9-18-10)7-16(3)8-13-11(6-14-2)4-5-17-13/h4-5,9,14H,6-8H2,1-3H3. The van der Waals surface area contributed by atoms with Crippen LogP contribution in [-0.2, 0) is 19.6 Å². The van der Waals surface area contributed by atoms with E-state index in [1.165, 1.54) is 5.56 Å². The van der Waals surface area contributed by atoms with Crippen LogP contribution in [0.4, 0.5) is 0 Å². The number of aryl methyl sites for hydroxylation is 1. The van der Waals surface area contributed by atoms with Crippen molar-refractivity contribution < 1.29 is 4.42 Å². The summed E-state index contributed by atoms with van der Waals surface area (Å²) in [7, 11) is 4.03. The van der Waals surface area contributed by atoms with Gasteiger partial charge in [-0.05, 0) is 27.1 Å². The maximum Gasteiger partial charge on any atom is 0.122 e. The lowest BCUT2D eigenvalue weighted by Gasteiger charge is -2.14. The molecule has 0 aliphatic carbocycles. The van der Waals surface area contributed by atoms with Crippen molar-refractivity contribution in [3.8, 4) is 0 Å². The highest BCUT2D eigenvalue weighted by molar-refractivity contribution is 7.09. The Balaban J connectivity index is 1.94. The summed E-state index contributed by atoms with van der Waals surface area (Å²) >= 11 is 1.69. The first-order chi connectivity index (χ1) is 8.69. The minimum Gasteiger partial charge on any atom is -0.468 e. The number of aromatic nitrogens is 1. The van der Waals surface area contributed by atoms with E-state index >= 15 is 0 Å². The largest absolute Gasteiger partial charge is 0.468 e. The van der Waals surface area contributed by atoms with E-state index < -0.39 is 0 Å². The molecular formula is C13H19N3OS. The van der Waals surface area contributed by atoms with Crippen LogP contribution in [0.1, 0.15) is 22.0 Å². The fourth-order valence-electron chi connectivity index (χ4n) is 1.91. The van der Waals surface area contributed by atoms with Gasteiger partial charge in [-0.25, -0.2) is 4.98 Å². The average Bonchev–Trinajstić information content (AvgIpc) is 2.90. The zero-order chi connectivity index (χ0) is 13.0. The zero-order valence-electron chi connectivity index (χ0n) is 11.1. The van der Waals surface area contributed by atoms with Crippen molar-refractivity contribution in [2.24, 2.45) is 0 Å². The number of rotatable bonds is 6. The Morgan fingerprint density at radius 2 is 2.28 bits per heavy atom. The van der Waals surface area contributed by atoms with Gasteiger partial charge in [0.2, 0.25) is 0 Å². The Kier molecular flexibility index (Phi) is 4.52. The van der Waals surface area contributed by atoms with E-state index in [9.17, 15) is 0 Å². The number of hydrogen-bond acceptors (Lipinski definition) is 5. The average molecular weight is 265 g/mol. The molecule has 2 aromatic rings. The SMILES string of the molecule is CNCc1ccoc1CN(C)Cc1csc(C)n1. The van der Waals surface area contributed by atoms with Gasteiger partial charge < -0.3 is 9.73 Å². The molecule has 0 atom stereocenters. The van der Waals surface area contributed by atoms with Gasteiger partial charge in [-0.3, -0.25) is 4.90 Å². The van der Waals surface area contributed by atoms with E-state index in [1.54, 1.807) is 17.6 Å². The highest BCUT2D eigenvalue weighted by Gasteiger charge is 2.10. The van der Waals surface area contributed by atoms with Gasteiger partial charge in [0, 0.05) is 24.0 Å². The summed E-state index contributed by atoms with van der Waals surface area (Å²) in [5.74, 6) is 1.03. The third kappa shape index (κ3) is 3.41. The molecule has 0 fully saturated rings. The summed E-state index contributed by atoms with van der Waals surface area (Å²) in [6, 6.07) is 2.02. The number of nitrogens with one attached hydrogen (secondary N) is 1. The normalized spacial score (nSPS) is 11.3. The highest BCUT2D eigenvalue weighted by atomic mass is 32.1. The number of nitrogens with zero attached hydrogens (tertiary/aromatic N) is 2. The fourth-order valence-corrected chi connectivity index (χ4v) is 2.52. The zero-order valence-corrected chi connectivity index (χ0v) is 11.9. The Labute approximate surface area is 112 Å². The molecule has 0 bridgehead atoms. The first kappa shape index (κ1) is 13.3. The van der Waals surface area contributed by atoms with Crippen molar-refractivity contribution in [2.45, 2.75) is 26.6 Å². The number of furan rings is 1. The molecule has 5 heteroatoms. The topological polar surface area (TPSA) is 41.3 Å². The molecule has 0 radical (unpaired) electrons. The molecule has 2 aromatic heterocycles. The van der Waals surface area contributed by atoms with Crippen LogP contribution in [0.15, 0.2) is 22.1 Å². The van der Waals surface area contributed by atoms with Gasteiger partial charge in [0.1, 0.15) is 5.76 Å². The van der Waals surface area contributed by atoms with Crippen molar-refractivity contribution in [3.63, 3.8) is 0 Å². The van der Waals surface area contributed by atoms with E-state index in [0.29, 0.717) is 0 Å². The summed E-state index contributed by atoms with van der Waals surface area (Å²) in [6.45, 7) is 4.53. The quantitative estimate of drug-likeness (QED) is 0.871. The summed E-state index contributed by atoms with van der Waals surface area (Å²) in [5.41, 5.74) is 2.35. The Morgan fingerprint density at radius 3 is 2.94 bits per heavy atom. The van der Waals surface area contributed by atoms with Gasteiger partial charge in [-0.1, -0.05) is 0 Å². The van der Waals surface area contributed by atoms with Gasteiger partial charge >= 0.3 is 0 Å². The lowest BCUT2D eigenvalue weighted by molar-refractivity contribution is 0.283. The lowest BCUT2D eigenvalue weighted by Crippen LogP contribution is -2.18. The molecule has 98 valence electrons. The Bertz CT molecular complexity index is 492. The smallest absolute Gasteiger partial charge is 0.122 e. The molecule has 0 amide bonds. The molecule has 18 heavy (non-hydrogen) atoms. The molecule has 2 heterocycles. The maximum atomic E-state index is 5.53. The van der Waals surface area contributed by atoms with Crippen LogP contribution in [0.2, 0.25) is 0 Å². The summed E-state index contributed by atoms with van der Waals surface area (Å²) in [5, 5.41) is 6.38. The third-order valence-corrected chi connectivity index (χ3v) is 3.54. The van der Waals surface area contributed by atoms with Gasteiger partial charge in [-0.2, -0.15) is 0 Å². The van der Waals surface area contributed by atoms with E-state index in [0.717, 1.165) is 36.1 Å². The molecule has 1 N–H and O–H groups in total. The second-order valence-electron chi connectivity index (χ2n) is 4.43. The van der Waals surface area contributed by atoms with Crippen LogP contribution in [0, 0.1) is 6.92 Å². The van der Waals surface area contributed by atoms with E-state index in [1.807, 2.05) is 20.0 Å². The molecule has 0 saturated carbocycles. The number of thiazole rings is 1. The molecular weight excluding hydrogens is 246 g/mol. The molecule has 0 unspecified atom stereocenters. The van der Waals surface area contributed by atoms with Crippen LogP contribution in [0.3, 0.4) is 0 Å². The maximum absolute atomic E-state index is 5.53. The van der Waals surface area contributed by atoms with Crippen molar-refractivity contribution in [1.29, 1.82) is 0 Å². The van der Waals surface area contributed by atoms with Crippen LogP contribution < -0.4 is 5.32 Å². The van der Waals surface area contributed by atoms with E-state index in [2.05, 4.69) is 27.6 Å². The van der Waals surface area contributed by atoms with Crippen molar-refractivity contribution >= 4 is 11.3 Å². The van der Waals surface area contributed by atoms with Crippen LogP contribution >= 0.6 is 11.3 Å². The van der Waals surface area contributed by atoms with Crippen molar-refractivity contribution in [3.05, 3.63) is 39.7 Å². The summed E-state index contributed by atoms with van der Waals surface area (Å²) < 4.78 is 5.53. The lowest BCUT2D eigenvalue weighted by atomic mass is 10.2. The van der Waals surface area contributed by atoms with E-state index in [4.69, 9.17) is 4.42 Å². The molecule has 0 saturated heterocycles. The molecule has 0 spiro atoms. The van der Waals surface area contributed by atoms with Crippen LogP contribution in [0.25, 0.3) is 0 Å². The van der Waals surface area contributed by atoms with Gasteiger partial charge in [-0.15, -0.1) is 11.3 Å². The molecule has 4 nitrogen and oxygen atoms in total. The van der Waals surface area contributed by atoms with Crippen molar-refractivity contribution in [1.82, 2.24) is 15.2 Å². The minimum absolute atomic E-state index is 0.806. The van der Waals surface area contributed by atoms with Gasteiger partial charge in [0.05, 0.1) is 23.5 Å². The fraction of sp³-hybridized carbons (Fsp3) is 0.462. The predicted molar refractivity (Wildman–Crippen MR) is 73.5 cm³/mol. The van der Waals surface area contributed by atoms with Gasteiger partial charge in [0.15, 0.2) is 0 Å². The highest BCUT2D eigenvalue weighted by Crippen LogP contribution is 2.15. The first-order valence-corrected chi connectivity index (χ1v) is 6.86. The second-order valence-corrected chi connectivity index (χ2v) is 5.49.